The highest BCUT2D eigenvalue weighted by Gasteiger charge is 2.25. The molecule has 200 valence electrons. The third-order valence-corrected chi connectivity index (χ3v) is 7.17. The molecule has 8 nitrogen and oxygen atoms in total. The molecule has 3 aromatic rings. The van der Waals surface area contributed by atoms with Crippen LogP contribution in [-0.2, 0) is 4.79 Å². The zero-order valence-electron chi connectivity index (χ0n) is 22.7. The summed E-state index contributed by atoms with van der Waals surface area (Å²) in [7, 11) is 6.20. The van der Waals surface area contributed by atoms with E-state index in [-0.39, 0.29) is 7.33 Å². The summed E-state index contributed by atoms with van der Waals surface area (Å²) in [6, 6.07) is 16.9. The maximum Gasteiger partial charge on any atom is 0.246 e. The number of carbonyl (C=O) groups excluding carboxylic acids is 1. The minimum Gasteiger partial charge on any atom is -0.353 e. The molecule has 1 N–H and O–H groups in total. The first kappa shape index (κ1) is 25.7. The molecule has 1 saturated carbocycles. The van der Waals surface area contributed by atoms with E-state index >= 15 is 0 Å². The lowest BCUT2D eigenvalue weighted by Gasteiger charge is -2.35. The number of hydrogen-bond acceptors (Lipinski definition) is 7. The van der Waals surface area contributed by atoms with Gasteiger partial charge in [-0.3, -0.25) is 4.79 Å². The SMILES string of the molecule is C=CC(=O)N1CCN(c2cc(C(Nc3cccc4ccccc34)=C3CC3)nc(N(C)CCN(C)C)n2)CC1.[HH]. The number of rotatable bonds is 9. The Bertz CT molecular complexity index is 1350. The molecule has 2 fully saturated rings. The fourth-order valence-corrected chi connectivity index (χ4v) is 4.73. The van der Waals surface area contributed by atoms with Crippen LogP contribution in [0, 0.1) is 0 Å². The van der Waals surface area contributed by atoms with E-state index in [2.05, 4.69) is 96.3 Å². The highest BCUT2D eigenvalue weighted by atomic mass is 16.2. The number of piperazine rings is 1. The van der Waals surface area contributed by atoms with Gasteiger partial charge in [0.2, 0.25) is 11.9 Å². The number of amides is 1. The van der Waals surface area contributed by atoms with Gasteiger partial charge in [0.15, 0.2) is 0 Å². The molecule has 38 heavy (non-hydrogen) atoms. The van der Waals surface area contributed by atoms with E-state index in [0.29, 0.717) is 19.0 Å². The Morgan fingerprint density at radius 1 is 1.03 bits per heavy atom. The average Bonchev–Trinajstić information content (AvgIpc) is 3.79. The topological polar surface area (TPSA) is 67.8 Å². The number of hydrogen-bond donors (Lipinski definition) is 1. The molecule has 1 saturated heterocycles. The standard InChI is InChI=1S/C30H37N7O.H2/c1-5-28(38)37-19-17-36(18-20-37)27-21-26(32-30(33-27)35(4)16-15-34(2)3)29(23-13-14-23)31-25-12-8-10-22-9-6-7-11-24(22)25;/h5-12,21,31H,1,13-20H2,2-4H3;1H. The van der Waals surface area contributed by atoms with Crippen LogP contribution in [0.2, 0.25) is 0 Å². The zero-order chi connectivity index (χ0) is 26.6. The molecule has 0 unspecified atom stereocenters. The third-order valence-electron chi connectivity index (χ3n) is 7.17. The molecule has 1 amide bonds. The highest BCUT2D eigenvalue weighted by molar-refractivity contribution is 5.97. The molecule has 1 aromatic heterocycles. The number of aromatic nitrogens is 2. The van der Waals surface area contributed by atoms with Crippen LogP contribution in [0.5, 0.6) is 0 Å². The average molecular weight is 514 g/mol. The highest BCUT2D eigenvalue weighted by Crippen LogP contribution is 2.38. The molecule has 5 rings (SSSR count). The van der Waals surface area contributed by atoms with Gasteiger partial charge in [-0.2, -0.15) is 4.98 Å². The Morgan fingerprint density at radius 2 is 1.76 bits per heavy atom. The van der Waals surface area contributed by atoms with Crippen LogP contribution in [0.3, 0.4) is 0 Å². The molecule has 2 heterocycles. The second-order valence-electron chi connectivity index (χ2n) is 10.3. The fourth-order valence-electron chi connectivity index (χ4n) is 4.73. The predicted molar refractivity (Wildman–Crippen MR) is 159 cm³/mol. The van der Waals surface area contributed by atoms with E-state index in [1.807, 2.05) is 4.90 Å². The number of carbonyl (C=O) groups is 1. The molecule has 1 aliphatic heterocycles. The maximum absolute atomic E-state index is 12.1. The van der Waals surface area contributed by atoms with Crippen LogP contribution < -0.4 is 15.1 Å². The third kappa shape index (κ3) is 5.81. The van der Waals surface area contributed by atoms with Gasteiger partial charge in [0.05, 0.1) is 11.4 Å². The summed E-state index contributed by atoms with van der Waals surface area (Å²) < 4.78 is 0. The lowest BCUT2D eigenvalue weighted by molar-refractivity contribution is -0.126. The Labute approximate surface area is 226 Å². The van der Waals surface area contributed by atoms with Crippen molar-refractivity contribution in [2.45, 2.75) is 12.8 Å². The quantitative estimate of drug-likeness (QED) is 0.427. The first-order valence-corrected chi connectivity index (χ1v) is 13.3. The molecule has 0 bridgehead atoms. The van der Waals surface area contributed by atoms with E-state index in [1.54, 1.807) is 0 Å². The van der Waals surface area contributed by atoms with Gasteiger partial charge in [-0.25, -0.2) is 4.98 Å². The van der Waals surface area contributed by atoms with Gasteiger partial charge in [0, 0.05) is 64.9 Å². The summed E-state index contributed by atoms with van der Waals surface area (Å²) in [5, 5.41) is 6.15. The summed E-state index contributed by atoms with van der Waals surface area (Å²) in [6.45, 7) is 8.11. The molecule has 0 atom stereocenters. The smallest absolute Gasteiger partial charge is 0.246 e. The van der Waals surface area contributed by atoms with Crippen molar-refractivity contribution in [2.75, 3.05) is 75.5 Å². The lowest BCUT2D eigenvalue weighted by Crippen LogP contribution is -2.48. The summed E-state index contributed by atoms with van der Waals surface area (Å²) in [6.07, 6.45) is 3.53. The van der Waals surface area contributed by atoms with Gasteiger partial charge >= 0.3 is 0 Å². The van der Waals surface area contributed by atoms with Crippen LogP contribution in [-0.4, -0.2) is 86.1 Å². The fraction of sp³-hybridized carbons (Fsp3) is 0.367. The largest absolute Gasteiger partial charge is 0.353 e. The van der Waals surface area contributed by atoms with Crippen molar-refractivity contribution >= 4 is 39.8 Å². The molecule has 0 spiro atoms. The number of anilines is 3. The van der Waals surface area contributed by atoms with Crippen molar-refractivity contribution in [3.8, 4) is 0 Å². The molecule has 2 aromatic carbocycles. The summed E-state index contributed by atoms with van der Waals surface area (Å²) in [5.74, 6) is 1.59. The van der Waals surface area contributed by atoms with Crippen molar-refractivity contribution in [1.29, 1.82) is 0 Å². The van der Waals surface area contributed by atoms with Gasteiger partial charge in [-0.15, -0.1) is 0 Å². The molecule has 8 heteroatoms. The van der Waals surface area contributed by atoms with Crippen molar-refractivity contribution in [3.05, 3.63) is 72.5 Å². The lowest BCUT2D eigenvalue weighted by atomic mass is 10.1. The second kappa shape index (κ2) is 11.2. The van der Waals surface area contributed by atoms with E-state index in [9.17, 15) is 4.79 Å². The summed E-state index contributed by atoms with van der Waals surface area (Å²) >= 11 is 0. The van der Waals surface area contributed by atoms with E-state index < -0.39 is 0 Å². The van der Waals surface area contributed by atoms with Crippen molar-refractivity contribution in [1.82, 2.24) is 19.8 Å². The Hall–Kier alpha value is -3.91. The normalized spacial score (nSPS) is 15.1. The number of nitrogens with zero attached hydrogens (tertiary/aromatic N) is 6. The van der Waals surface area contributed by atoms with Gasteiger partial charge in [0.25, 0.3) is 0 Å². The minimum atomic E-state index is -0.0165. The minimum absolute atomic E-state index is 0. The second-order valence-corrected chi connectivity index (χ2v) is 10.3. The van der Waals surface area contributed by atoms with Gasteiger partial charge in [-0.1, -0.05) is 43.0 Å². The first-order valence-electron chi connectivity index (χ1n) is 13.3. The number of benzene rings is 2. The van der Waals surface area contributed by atoms with Crippen LogP contribution in [0.25, 0.3) is 16.5 Å². The van der Waals surface area contributed by atoms with Crippen LogP contribution in [0.1, 0.15) is 20.0 Å². The maximum atomic E-state index is 12.1. The van der Waals surface area contributed by atoms with E-state index in [0.717, 1.165) is 61.9 Å². The first-order chi connectivity index (χ1) is 18.4. The Morgan fingerprint density at radius 3 is 2.47 bits per heavy atom. The van der Waals surface area contributed by atoms with Crippen molar-refractivity contribution in [3.63, 3.8) is 0 Å². The monoisotopic (exact) mass is 513 g/mol. The predicted octanol–water partition coefficient (Wildman–Crippen LogP) is 4.33. The van der Waals surface area contributed by atoms with Crippen LogP contribution in [0.4, 0.5) is 17.5 Å². The van der Waals surface area contributed by atoms with Crippen molar-refractivity contribution in [2.24, 2.45) is 0 Å². The number of fused-ring (bicyclic) bond motifs is 1. The zero-order valence-corrected chi connectivity index (χ0v) is 22.7. The molecule has 0 radical (unpaired) electrons. The van der Waals surface area contributed by atoms with E-state index in [4.69, 9.17) is 9.97 Å². The number of allylic oxidation sites excluding steroid dienone is 1. The number of nitrogens with one attached hydrogen (secondary N) is 1. The van der Waals surface area contributed by atoms with Crippen LogP contribution >= 0.6 is 0 Å². The Kier molecular flexibility index (Phi) is 7.60. The molecular formula is C30H39N7O. The number of likely N-dealkylation sites (N-methyl/N-ethyl adjacent to an activating group) is 2. The summed E-state index contributed by atoms with van der Waals surface area (Å²) in [5.41, 5.74) is 4.45. The molecule has 1 aliphatic carbocycles. The Balaban J connectivity index is 0.00000353. The molecular weight excluding hydrogens is 474 g/mol. The molecule has 2 aliphatic rings. The van der Waals surface area contributed by atoms with Gasteiger partial charge < -0.3 is 24.9 Å². The van der Waals surface area contributed by atoms with Gasteiger partial charge in [0.1, 0.15) is 5.82 Å². The summed E-state index contributed by atoms with van der Waals surface area (Å²) in [4.78, 5) is 30.6. The van der Waals surface area contributed by atoms with E-state index in [1.165, 1.54) is 22.4 Å². The van der Waals surface area contributed by atoms with Gasteiger partial charge in [-0.05, 0) is 50.0 Å². The van der Waals surface area contributed by atoms with Crippen molar-refractivity contribution < 1.29 is 6.22 Å². The van der Waals surface area contributed by atoms with Crippen LogP contribution in [0.15, 0.2) is 66.8 Å².